The van der Waals surface area contributed by atoms with Crippen molar-refractivity contribution in [1.82, 2.24) is 24.6 Å². The van der Waals surface area contributed by atoms with Gasteiger partial charge in [0.25, 0.3) is 5.91 Å². The van der Waals surface area contributed by atoms with Gasteiger partial charge in [-0.2, -0.15) is 18.3 Å². The van der Waals surface area contributed by atoms with Crippen molar-refractivity contribution >= 4 is 27.8 Å². The Hall–Kier alpha value is -3.37. The minimum absolute atomic E-state index is 0.0681. The van der Waals surface area contributed by atoms with Crippen molar-refractivity contribution in [2.75, 3.05) is 26.3 Å². The van der Waals surface area contributed by atoms with Gasteiger partial charge in [0.2, 0.25) is 0 Å². The first-order valence-electron chi connectivity index (χ1n) is 11.9. The SMILES string of the molecule is CC(NC(=O)c1ccc2c(c1)c1cn(C)nc1n2-c1ccc(C(F)(F)F)cc1)C(C)N1CCOCC1. The topological polar surface area (TPSA) is 64.3 Å². The molecule has 1 amide bonds. The van der Waals surface area contributed by atoms with E-state index in [1.165, 1.54) is 12.1 Å². The lowest BCUT2D eigenvalue weighted by Gasteiger charge is -2.35. The number of hydrogen-bond donors (Lipinski definition) is 1. The van der Waals surface area contributed by atoms with E-state index in [4.69, 9.17) is 4.74 Å². The molecule has 7 nitrogen and oxygen atoms in total. The Labute approximate surface area is 206 Å². The van der Waals surface area contributed by atoms with E-state index < -0.39 is 11.7 Å². The van der Waals surface area contributed by atoms with Crippen LogP contribution in [0.2, 0.25) is 0 Å². The highest BCUT2D eigenvalue weighted by molar-refractivity contribution is 6.10. The number of carbonyl (C=O) groups is 1. The monoisotopic (exact) mass is 499 g/mol. The molecule has 1 aliphatic rings. The molecule has 0 aliphatic carbocycles. The normalized spacial score (nSPS) is 16.9. The Bertz CT molecular complexity index is 1400. The van der Waals surface area contributed by atoms with Gasteiger partial charge in [-0.25, -0.2) is 0 Å². The van der Waals surface area contributed by atoms with E-state index in [1.807, 2.05) is 29.8 Å². The first-order chi connectivity index (χ1) is 17.1. The molecule has 3 heterocycles. The molecule has 4 aromatic rings. The third kappa shape index (κ3) is 4.46. The highest BCUT2D eigenvalue weighted by Crippen LogP contribution is 2.34. The van der Waals surface area contributed by atoms with Gasteiger partial charge in [0.1, 0.15) is 0 Å². The van der Waals surface area contributed by atoms with Gasteiger partial charge in [0.05, 0.1) is 24.3 Å². The lowest BCUT2D eigenvalue weighted by molar-refractivity contribution is -0.137. The molecule has 1 saturated heterocycles. The minimum Gasteiger partial charge on any atom is -0.379 e. The quantitative estimate of drug-likeness (QED) is 0.443. The summed E-state index contributed by atoms with van der Waals surface area (Å²) in [6, 6.07) is 10.5. The Morgan fingerprint density at radius 1 is 1.06 bits per heavy atom. The summed E-state index contributed by atoms with van der Waals surface area (Å²) in [4.78, 5) is 15.5. The molecule has 2 atom stereocenters. The van der Waals surface area contributed by atoms with Crippen LogP contribution >= 0.6 is 0 Å². The smallest absolute Gasteiger partial charge is 0.379 e. The number of morpholine rings is 1. The van der Waals surface area contributed by atoms with Crippen molar-refractivity contribution in [2.45, 2.75) is 32.1 Å². The number of ether oxygens (including phenoxy) is 1. The number of aromatic nitrogens is 3. The maximum atomic E-state index is 13.1. The Kier molecular flexibility index (Phi) is 6.25. The minimum atomic E-state index is -4.41. The third-order valence-corrected chi connectivity index (χ3v) is 6.97. The lowest BCUT2D eigenvalue weighted by Crippen LogP contribution is -2.52. The van der Waals surface area contributed by atoms with Crippen LogP contribution in [0.4, 0.5) is 13.2 Å². The van der Waals surface area contributed by atoms with E-state index in [9.17, 15) is 18.0 Å². The standard InChI is InChI=1S/C26H28F3N5O2/c1-16(17(2)33-10-12-36-13-11-33)30-25(35)18-4-9-23-21(14-18)22-15-32(3)31-24(22)34(23)20-7-5-19(6-8-20)26(27,28)29/h4-9,14-17H,10-13H2,1-3H3,(H,30,35). The van der Waals surface area contributed by atoms with E-state index in [-0.39, 0.29) is 18.0 Å². The molecule has 36 heavy (non-hydrogen) atoms. The van der Waals surface area contributed by atoms with E-state index in [1.54, 1.807) is 17.8 Å². The summed E-state index contributed by atoms with van der Waals surface area (Å²) in [5, 5.41) is 9.27. The molecule has 1 fully saturated rings. The van der Waals surface area contributed by atoms with Crippen LogP contribution in [-0.4, -0.2) is 63.5 Å². The van der Waals surface area contributed by atoms with E-state index in [0.717, 1.165) is 41.5 Å². The molecule has 5 rings (SSSR count). The molecule has 2 aromatic carbocycles. The number of aryl methyl sites for hydroxylation is 1. The second kappa shape index (κ2) is 9.25. The summed E-state index contributed by atoms with van der Waals surface area (Å²) < 4.78 is 48.1. The van der Waals surface area contributed by atoms with Crippen LogP contribution in [-0.2, 0) is 18.0 Å². The first kappa shape index (κ1) is 24.3. The van der Waals surface area contributed by atoms with E-state index in [2.05, 4.69) is 22.2 Å². The van der Waals surface area contributed by atoms with E-state index >= 15 is 0 Å². The van der Waals surface area contributed by atoms with Crippen LogP contribution in [0.3, 0.4) is 0 Å². The lowest BCUT2D eigenvalue weighted by atomic mass is 10.1. The molecule has 0 saturated carbocycles. The molecule has 2 unspecified atom stereocenters. The Balaban J connectivity index is 1.47. The zero-order valence-electron chi connectivity index (χ0n) is 20.3. The number of benzene rings is 2. The highest BCUT2D eigenvalue weighted by Gasteiger charge is 2.30. The van der Waals surface area contributed by atoms with Crippen molar-refractivity contribution in [3.8, 4) is 5.69 Å². The number of nitrogens with zero attached hydrogens (tertiary/aromatic N) is 4. The van der Waals surface area contributed by atoms with Crippen LogP contribution in [0, 0.1) is 0 Å². The van der Waals surface area contributed by atoms with Crippen molar-refractivity contribution in [3.63, 3.8) is 0 Å². The summed E-state index contributed by atoms with van der Waals surface area (Å²) in [7, 11) is 1.79. The molecule has 0 bridgehead atoms. The first-order valence-corrected chi connectivity index (χ1v) is 11.9. The molecule has 0 spiro atoms. The zero-order chi connectivity index (χ0) is 25.6. The number of rotatable bonds is 5. The highest BCUT2D eigenvalue weighted by atomic mass is 19.4. The molecule has 1 aliphatic heterocycles. The number of halogens is 3. The molecular formula is C26H28F3N5O2. The van der Waals surface area contributed by atoms with Gasteiger partial charge in [0, 0.05) is 60.4 Å². The molecule has 2 aromatic heterocycles. The fourth-order valence-electron chi connectivity index (χ4n) is 4.81. The fraction of sp³-hybridized carbons (Fsp3) is 0.385. The number of hydrogen-bond acceptors (Lipinski definition) is 4. The van der Waals surface area contributed by atoms with Crippen molar-refractivity contribution < 1.29 is 22.7 Å². The van der Waals surface area contributed by atoms with Gasteiger partial charge in [-0.1, -0.05) is 0 Å². The Morgan fingerprint density at radius 3 is 2.42 bits per heavy atom. The second-order valence-electron chi connectivity index (χ2n) is 9.30. The molecule has 1 N–H and O–H groups in total. The van der Waals surface area contributed by atoms with Gasteiger partial charge in [0.15, 0.2) is 5.65 Å². The van der Waals surface area contributed by atoms with E-state index in [0.29, 0.717) is 30.1 Å². The number of carbonyl (C=O) groups excluding carboxylic acids is 1. The predicted octanol–water partition coefficient (Wildman–Crippen LogP) is 4.38. The summed E-state index contributed by atoms with van der Waals surface area (Å²) in [5.74, 6) is -0.177. The molecular weight excluding hydrogens is 471 g/mol. The largest absolute Gasteiger partial charge is 0.416 e. The molecule has 10 heteroatoms. The number of amides is 1. The van der Waals surface area contributed by atoms with Gasteiger partial charge in [-0.05, 0) is 56.3 Å². The fourth-order valence-corrected chi connectivity index (χ4v) is 4.81. The van der Waals surface area contributed by atoms with Gasteiger partial charge >= 0.3 is 6.18 Å². The maximum Gasteiger partial charge on any atom is 0.416 e. The number of nitrogens with one attached hydrogen (secondary N) is 1. The van der Waals surface area contributed by atoms with Crippen molar-refractivity contribution in [2.24, 2.45) is 7.05 Å². The summed E-state index contributed by atoms with van der Waals surface area (Å²) in [5.41, 5.74) is 1.74. The number of fused-ring (bicyclic) bond motifs is 3. The van der Waals surface area contributed by atoms with Gasteiger partial charge in [-0.3, -0.25) is 18.9 Å². The number of alkyl halides is 3. The van der Waals surface area contributed by atoms with Crippen molar-refractivity contribution in [3.05, 3.63) is 59.8 Å². The summed E-state index contributed by atoms with van der Waals surface area (Å²) in [6.45, 7) is 7.16. The average molecular weight is 500 g/mol. The van der Waals surface area contributed by atoms with Crippen LogP contribution in [0.5, 0.6) is 0 Å². The average Bonchev–Trinajstić information content (AvgIpc) is 3.37. The van der Waals surface area contributed by atoms with Crippen molar-refractivity contribution in [1.29, 1.82) is 0 Å². The molecule has 0 radical (unpaired) electrons. The predicted molar refractivity (Wildman–Crippen MR) is 131 cm³/mol. The second-order valence-corrected chi connectivity index (χ2v) is 9.30. The summed E-state index contributed by atoms with van der Waals surface area (Å²) >= 11 is 0. The Morgan fingerprint density at radius 2 is 1.75 bits per heavy atom. The van der Waals surface area contributed by atoms with Gasteiger partial charge in [-0.15, -0.1) is 0 Å². The maximum absolute atomic E-state index is 13.1. The zero-order valence-corrected chi connectivity index (χ0v) is 20.3. The van der Waals surface area contributed by atoms with Gasteiger partial charge < -0.3 is 10.1 Å². The van der Waals surface area contributed by atoms with Crippen LogP contribution in [0.1, 0.15) is 29.8 Å². The summed E-state index contributed by atoms with van der Waals surface area (Å²) in [6.07, 6.45) is -2.56. The molecule has 190 valence electrons. The van der Waals surface area contributed by atoms with Crippen LogP contribution in [0.25, 0.3) is 27.6 Å². The third-order valence-electron chi connectivity index (χ3n) is 6.97. The van der Waals surface area contributed by atoms with Crippen LogP contribution < -0.4 is 5.32 Å². The van der Waals surface area contributed by atoms with Crippen LogP contribution in [0.15, 0.2) is 48.7 Å².